The number of aromatic nitrogens is 1. The van der Waals surface area contributed by atoms with Gasteiger partial charge < -0.3 is 5.32 Å². The number of fused-ring (bicyclic) bond motifs is 1. The molecular weight excluding hydrogens is 389 g/mol. The van der Waals surface area contributed by atoms with Crippen LogP contribution in [0.3, 0.4) is 0 Å². The van der Waals surface area contributed by atoms with Crippen molar-refractivity contribution in [3.05, 3.63) is 76.2 Å². The van der Waals surface area contributed by atoms with Gasteiger partial charge in [-0.25, -0.2) is 4.39 Å². The Morgan fingerprint density at radius 3 is 2.62 bits per heavy atom. The zero-order valence-electron chi connectivity index (χ0n) is 16.3. The standard InChI is InChI=1S/C23H23ClFN3O/c1-15-21(13-17-12-18(24)4-7-22(17)26-15)23(29)27-20-8-10-28(11-9-20)14-16-2-5-19(25)6-3-16/h2-7,12-13,20H,8-11,14H2,1H3,(H,27,29). The maximum Gasteiger partial charge on any atom is 0.253 e. The highest BCUT2D eigenvalue weighted by Crippen LogP contribution is 2.21. The average molecular weight is 412 g/mol. The smallest absolute Gasteiger partial charge is 0.253 e. The van der Waals surface area contributed by atoms with Gasteiger partial charge in [0, 0.05) is 36.1 Å². The zero-order chi connectivity index (χ0) is 20.4. The summed E-state index contributed by atoms with van der Waals surface area (Å²) in [6.07, 6.45) is 1.78. The number of hydrogen-bond acceptors (Lipinski definition) is 3. The van der Waals surface area contributed by atoms with E-state index in [0.717, 1.165) is 48.9 Å². The number of pyridine rings is 1. The van der Waals surface area contributed by atoms with E-state index < -0.39 is 0 Å². The van der Waals surface area contributed by atoms with E-state index in [2.05, 4.69) is 15.2 Å². The van der Waals surface area contributed by atoms with Crippen molar-refractivity contribution in [2.75, 3.05) is 13.1 Å². The molecule has 6 heteroatoms. The van der Waals surface area contributed by atoms with Crippen LogP contribution in [0.15, 0.2) is 48.5 Å². The molecule has 150 valence electrons. The lowest BCUT2D eigenvalue weighted by Crippen LogP contribution is -2.44. The number of rotatable bonds is 4. The molecule has 0 spiro atoms. The second-order valence-electron chi connectivity index (χ2n) is 7.61. The van der Waals surface area contributed by atoms with E-state index in [-0.39, 0.29) is 17.8 Å². The summed E-state index contributed by atoms with van der Waals surface area (Å²) in [4.78, 5) is 19.7. The van der Waals surface area contributed by atoms with Crippen molar-refractivity contribution >= 4 is 28.4 Å². The number of halogens is 2. The minimum Gasteiger partial charge on any atom is -0.349 e. The van der Waals surface area contributed by atoms with Gasteiger partial charge in [-0.1, -0.05) is 23.7 Å². The van der Waals surface area contributed by atoms with Crippen LogP contribution < -0.4 is 5.32 Å². The van der Waals surface area contributed by atoms with Crippen molar-refractivity contribution in [2.24, 2.45) is 0 Å². The van der Waals surface area contributed by atoms with E-state index in [1.807, 2.05) is 37.3 Å². The number of hydrogen-bond donors (Lipinski definition) is 1. The number of nitrogens with zero attached hydrogens (tertiary/aromatic N) is 2. The predicted molar refractivity (Wildman–Crippen MR) is 114 cm³/mol. The quantitative estimate of drug-likeness (QED) is 0.675. The van der Waals surface area contributed by atoms with Crippen LogP contribution in [0.2, 0.25) is 5.02 Å². The van der Waals surface area contributed by atoms with Crippen LogP contribution >= 0.6 is 11.6 Å². The number of aryl methyl sites for hydroxylation is 1. The molecule has 1 aromatic heterocycles. The Labute approximate surface area is 174 Å². The van der Waals surface area contributed by atoms with Crippen molar-refractivity contribution in [1.82, 2.24) is 15.2 Å². The second kappa shape index (κ2) is 8.47. The van der Waals surface area contributed by atoms with E-state index in [1.165, 1.54) is 12.1 Å². The molecule has 1 fully saturated rings. The van der Waals surface area contributed by atoms with Crippen LogP contribution in [0, 0.1) is 12.7 Å². The van der Waals surface area contributed by atoms with Gasteiger partial charge >= 0.3 is 0 Å². The van der Waals surface area contributed by atoms with Gasteiger partial charge in [-0.05, 0) is 61.7 Å². The summed E-state index contributed by atoms with van der Waals surface area (Å²) in [5, 5.41) is 4.65. The SMILES string of the molecule is Cc1nc2ccc(Cl)cc2cc1C(=O)NC1CCN(Cc2ccc(F)cc2)CC1. The first-order valence-corrected chi connectivity index (χ1v) is 10.2. The fraction of sp³-hybridized carbons (Fsp3) is 0.304. The van der Waals surface area contributed by atoms with Gasteiger partial charge in [-0.3, -0.25) is 14.7 Å². The van der Waals surface area contributed by atoms with Crippen LogP contribution in [0.4, 0.5) is 4.39 Å². The molecule has 1 aliphatic heterocycles. The van der Waals surface area contributed by atoms with E-state index in [9.17, 15) is 9.18 Å². The molecule has 1 N–H and O–H groups in total. The summed E-state index contributed by atoms with van der Waals surface area (Å²) in [7, 11) is 0. The third-order valence-corrected chi connectivity index (χ3v) is 5.69. The average Bonchev–Trinajstić information content (AvgIpc) is 2.71. The monoisotopic (exact) mass is 411 g/mol. The third-order valence-electron chi connectivity index (χ3n) is 5.45. The molecule has 0 radical (unpaired) electrons. The lowest BCUT2D eigenvalue weighted by Gasteiger charge is -2.32. The normalized spacial score (nSPS) is 15.6. The molecule has 2 heterocycles. The molecule has 0 bridgehead atoms. The van der Waals surface area contributed by atoms with Gasteiger partial charge in [0.05, 0.1) is 16.8 Å². The Balaban J connectivity index is 1.36. The minimum atomic E-state index is -0.212. The van der Waals surface area contributed by atoms with Gasteiger partial charge in [-0.2, -0.15) is 0 Å². The van der Waals surface area contributed by atoms with Crippen molar-refractivity contribution in [3.63, 3.8) is 0 Å². The molecule has 0 aliphatic carbocycles. The van der Waals surface area contributed by atoms with Gasteiger partial charge in [-0.15, -0.1) is 0 Å². The number of carbonyl (C=O) groups excluding carboxylic acids is 1. The first-order chi connectivity index (χ1) is 14.0. The van der Waals surface area contributed by atoms with Crippen LogP contribution in [0.1, 0.15) is 34.5 Å². The Morgan fingerprint density at radius 2 is 1.90 bits per heavy atom. The number of carbonyl (C=O) groups is 1. The van der Waals surface area contributed by atoms with Gasteiger partial charge in [0.2, 0.25) is 0 Å². The maximum atomic E-state index is 13.0. The molecule has 1 saturated heterocycles. The minimum absolute atomic E-state index is 0.0890. The lowest BCUT2D eigenvalue weighted by atomic mass is 10.0. The number of piperidine rings is 1. The van der Waals surface area contributed by atoms with E-state index in [0.29, 0.717) is 16.3 Å². The first kappa shape index (κ1) is 19.8. The van der Waals surface area contributed by atoms with Crippen LogP contribution in [-0.2, 0) is 6.54 Å². The Kier molecular flexibility index (Phi) is 5.79. The number of amides is 1. The molecular formula is C23H23ClFN3O. The van der Waals surface area contributed by atoms with Gasteiger partial charge in [0.15, 0.2) is 0 Å². The molecule has 3 aromatic rings. The Hall–Kier alpha value is -2.50. The first-order valence-electron chi connectivity index (χ1n) is 9.82. The molecule has 0 unspecified atom stereocenters. The topological polar surface area (TPSA) is 45.2 Å². The molecule has 0 atom stereocenters. The number of likely N-dealkylation sites (tertiary alicyclic amines) is 1. The summed E-state index contributed by atoms with van der Waals surface area (Å²) in [6.45, 7) is 4.45. The predicted octanol–water partition coefficient (Wildman–Crippen LogP) is 4.73. The summed E-state index contributed by atoms with van der Waals surface area (Å²) in [5.41, 5.74) is 3.24. The van der Waals surface area contributed by atoms with Gasteiger partial charge in [0.25, 0.3) is 5.91 Å². The summed E-state index contributed by atoms with van der Waals surface area (Å²) in [6, 6.07) is 14.1. The fourth-order valence-corrected chi connectivity index (χ4v) is 4.00. The van der Waals surface area contributed by atoms with Crippen molar-refractivity contribution in [2.45, 2.75) is 32.4 Å². The number of nitrogens with one attached hydrogen (secondary N) is 1. The summed E-state index contributed by atoms with van der Waals surface area (Å²) >= 11 is 6.07. The van der Waals surface area contributed by atoms with E-state index >= 15 is 0 Å². The molecule has 29 heavy (non-hydrogen) atoms. The summed E-state index contributed by atoms with van der Waals surface area (Å²) < 4.78 is 13.0. The Bertz CT molecular complexity index is 1030. The van der Waals surface area contributed by atoms with Gasteiger partial charge in [0.1, 0.15) is 5.82 Å². The molecule has 2 aromatic carbocycles. The molecule has 4 rings (SSSR count). The zero-order valence-corrected chi connectivity index (χ0v) is 17.0. The van der Waals surface area contributed by atoms with E-state index in [1.54, 1.807) is 6.07 Å². The molecule has 4 nitrogen and oxygen atoms in total. The molecule has 1 amide bonds. The highest BCUT2D eigenvalue weighted by molar-refractivity contribution is 6.31. The fourth-order valence-electron chi connectivity index (χ4n) is 3.82. The van der Waals surface area contributed by atoms with Crippen LogP contribution in [0.25, 0.3) is 10.9 Å². The third kappa shape index (κ3) is 4.74. The van der Waals surface area contributed by atoms with E-state index in [4.69, 9.17) is 11.6 Å². The Morgan fingerprint density at radius 1 is 1.17 bits per heavy atom. The van der Waals surface area contributed by atoms with Crippen molar-refractivity contribution in [1.29, 1.82) is 0 Å². The maximum absolute atomic E-state index is 13.0. The van der Waals surface area contributed by atoms with Crippen molar-refractivity contribution in [3.8, 4) is 0 Å². The highest BCUT2D eigenvalue weighted by atomic mass is 35.5. The van der Waals surface area contributed by atoms with Crippen molar-refractivity contribution < 1.29 is 9.18 Å². The highest BCUT2D eigenvalue weighted by Gasteiger charge is 2.22. The number of benzene rings is 2. The second-order valence-corrected chi connectivity index (χ2v) is 8.05. The van der Waals surface area contributed by atoms with Crippen LogP contribution in [-0.4, -0.2) is 34.9 Å². The summed E-state index contributed by atoms with van der Waals surface area (Å²) in [5.74, 6) is -0.301. The molecule has 0 saturated carbocycles. The lowest BCUT2D eigenvalue weighted by molar-refractivity contribution is 0.0908. The largest absolute Gasteiger partial charge is 0.349 e. The van der Waals surface area contributed by atoms with Crippen LogP contribution in [0.5, 0.6) is 0 Å². The molecule has 1 aliphatic rings.